The van der Waals surface area contributed by atoms with Crippen LogP contribution in [0.1, 0.15) is 18.4 Å². The van der Waals surface area contributed by atoms with Crippen molar-refractivity contribution in [1.82, 2.24) is 4.98 Å². The lowest BCUT2D eigenvalue weighted by molar-refractivity contribution is 0.0354. The minimum absolute atomic E-state index is 0.00391. The second kappa shape index (κ2) is 9.74. The Labute approximate surface area is 191 Å². The van der Waals surface area contributed by atoms with E-state index >= 15 is 0 Å². The zero-order valence-electron chi connectivity index (χ0n) is 17.5. The smallest absolute Gasteiger partial charge is 0.413 e. The van der Waals surface area contributed by atoms with E-state index in [0.29, 0.717) is 24.1 Å². The summed E-state index contributed by atoms with van der Waals surface area (Å²) < 4.78 is 5.93. The fourth-order valence-corrected chi connectivity index (χ4v) is 4.74. The van der Waals surface area contributed by atoms with Crippen molar-refractivity contribution in [1.29, 1.82) is 5.41 Å². The van der Waals surface area contributed by atoms with Gasteiger partial charge in [-0.15, -0.1) is 0 Å². The second-order valence-corrected chi connectivity index (χ2v) is 8.78. The van der Waals surface area contributed by atoms with Gasteiger partial charge < -0.3 is 15.8 Å². The summed E-state index contributed by atoms with van der Waals surface area (Å²) in [7, 11) is 0. The number of nitrogen functional groups attached to an aromatic ring is 1. The van der Waals surface area contributed by atoms with Crippen LogP contribution in [0.2, 0.25) is 0 Å². The first-order chi connectivity index (χ1) is 15.5. The van der Waals surface area contributed by atoms with Crippen LogP contribution in [0.3, 0.4) is 0 Å². The van der Waals surface area contributed by atoms with E-state index in [0.717, 1.165) is 28.3 Å². The molecule has 1 aliphatic heterocycles. The van der Waals surface area contributed by atoms with Crippen LogP contribution in [0.15, 0.2) is 73.1 Å². The summed E-state index contributed by atoms with van der Waals surface area (Å²) in [6.45, 7) is 0. The van der Waals surface area contributed by atoms with Crippen LogP contribution >= 0.6 is 11.8 Å². The molecule has 164 valence electrons. The van der Waals surface area contributed by atoms with Gasteiger partial charge in [0, 0.05) is 42.2 Å². The van der Waals surface area contributed by atoms with Crippen molar-refractivity contribution in [3.05, 3.63) is 78.6 Å². The van der Waals surface area contributed by atoms with Crippen LogP contribution < -0.4 is 16.4 Å². The minimum Gasteiger partial charge on any atom is -0.423 e. The molecule has 8 heteroatoms. The molecule has 2 aromatic carbocycles. The van der Waals surface area contributed by atoms with Crippen molar-refractivity contribution in [3.8, 4) is 11.1 Å². The first-order valence-corrected chi connectivity index (χ1v) is 11.5. The number of carbonyl (C=O) groups is 1. The van der Waals surface area contributed by atoms with Crippen LogP contribution in [-0.2, 0) is 4.74 Å². The summed E-state index contributed by atoms with van der Waals surface area (Å²) in [5, 5.41) is 13.9. The maximum absolute atomic E-state index is 12.8. The van der Waals surface area contributed by atoms with E-state index in [1.807, 2.05) is 60.3 Å². The fourth-order valence-electron chi connectivity index (χ4n) is 3.59. The number of hydrogen-bond donors (Lipinski definition) is 4. The van der Waals surface area contributed by atoms with Crippen molar-refractivity contribution in [2.75, 3.05) is 22.1 Å². The molecule has 7 nitrogen and oxygen atoms in total. The molecule has 0 saturated carbocycles. The van der Waals surface area contributed by atoms with Gasteiger partial charge in [0.1, 0.15) is 5.84 Å². The van der Waals surface area contributed by atoms with Gasteiger partial charge in [0.15, 0.2) is 5.72 Å². The highest BCUT2D eigenvalue weighted by molar-refractivity contribution is 7.99. The first kappa shape index (κ1) is 21.7. The molecule has 32 heavy (non-hydrogen) atoms. The van der Waals surface area contributed by atoms with Gasteiger partial charge in [0.25, 0.3) is 0 Å². The Balaban J connectivity index is 1.45. The number of ether oxygens (including phenoxy) is 1. The van der Waals surface area contributed by atoms with Gasteiger partial charge in [-0.2, -0.15) is 11.8 Å². The summed E-state index contributed by atoms with van der Waals surface area (Å²) in [6.07, 6.45) is 4.34. The number of nitrogens with one attached hydrogen (secondary N) is 3. The Morgan fingerprint density at radius 2 is 1.69 bits per heavy atom. The highest BCUT2D eigenvalue weighted by Gasteiger charge is 2.36. The summed E-state index contributed by atoms with van der Waals surface area (Å²) in [4.78, 5) is 16.8. The molecule has 1 aliphatic rings. The maximum atomic E-state index is 12.8. The number of nitrogens with zero attached hydrogens (tertiary/aromatic N) is 1. The highest BCUT2D eigenvalue weighted by atomic mass is 32.2. The summed E-state index contributed by atoms with van der Waals surface area (Å²) >= 11 is 1.84. The van der Waals surface area contributed by atoms with E-state index in [2.05, 4.69) is 15.6 Å². The molecule has 1 aromatic heterocycles. The minimum atomic E-state index is -0.818. The molecule has 1 saturated heterocycles. The van der Waals surface area contributed by atoms with E-state index in [1.165, 1.54) is 0 Å². The SMILES string of the molecule is N=C(N)c1cccc(NC2(OC(=O)Nc3ccc(-c4ccncc4)cc3)CCSCC2)c1. The number of thioether (sulfide) groups is 1. The zero-order chi connectivity index (χ0) is 22.4. The molecule has 0 atom stereocenters. The van der Waals surface area contributed by atoms with Crippen LogP contribution in [0.5, 0.6) is 0 Å². The number of hydrogen-bond acceptors (Lipinski definition) is 6. The number of benzene rings is 2. The lowest BCUT2D eigenvalue weighted by atomic mass is 10.1. The predicted octanol–water partition coefficient (Wildman–Crippen LogP) is 4.92. The molecule has 1 fully saturated rings. The van der Waals surface area contributed by atoms with E-state index < -0.39 is 11.8 Å². The monoisotopic (exact) mass is 447 g/mol. The number of aromatic nitrogens is 1. The van der Waals surface area contributed by atoms with Crippen molar-refractivity contribution in [3.63, 3.8) is 0 Å². The van der Waals surface area contributed by atoms with Gasteiger partial charge in [-0.3, -0.25) is 15.7 Å². The first-order valence-electron chi connectivity index (χ1n) is 10.3. The maximum Gasteiger partial charge on any atom is 0.413 e. The van der Waals surface area contributed by atoms with Crippen molar-refractivity contribution in [2.24, 2.45) is 5.73 Å². The zero-order valence-corrected chi connectivity index (χ0v) is 18.3. The molecular formula is C24H25N5O2S. The van der Waals surface area contributed by atoms with Gasteiger partial charge in [-0.1, -0.05) is 24.3 Å². The van der Waals surface area contributed by atoms with Crippen molar-refractivity contribution >= 4 is 35.1 Å². The van der Waals surface area contributed by atoms with Crippen LogP contribution in [-0.4, -0.2) is 34.1 Å². The van der Waals surface area contributed by atoms with Crippen molar-refractivity contribution < 1.29 is 9.53 Å². The number of anilines is 2. The average molecular weight is 448 g/mol. The predicted molar refractivity (Wildman–Crippen MR) is 130 cm³/mol. The second-order valence-electron chi connectivity index (χ2n) is 7.55. The standard InChI is InChI=1S/C24H25N5O2S/c25-22(26)19-2-1-3-21(16-19)29-24(10-14-32-15-11-24)31-23(30)28-20-6-4-17(5-7-20)18-8-12-27-13-9-18/h1-9,12-13,16,29H,10-11,14-15H2,(H3,25,26)(H,28,30). The number of amidine groups is 1. The molecule has 0 aliphatic carbocycles. The largest absolute Gasteiger partial charge is 0.423 e. The Morgan fingerprint density at radius 1 is 1.00 bits per heavy atom. The molecule has 4 rings (SSSR count). The summed E-state index contributed by atoms with van der Waals surface area (Å²) in [5.41, 5.74) is 8.94. The number of pyridine rings is 1. The number of nitrogens with two attached hydrogens (primary N) is 1. The van der Waals surface area contributed by atoms with E-state index in [9.17, 15) is 4.79 Å². The van der Waals surface area contributed by atoms with Crippen LogP contribution in [0.25, 0.3) is 11.1 Å². The summed E-state index contributed by atoms with van der Waals surface area (Å²) in [5.74, 6) is 1.76. The highest BCUT2D eigenvalue weighted by Crippen LogP contribution is 2.32. The van der Waals surface area contributed by atoms with Crippen LogP contribution in [0, 0.1) is 5.41 Å². The van der Waals surface area contributed by atoms with Gasteiger partial charge in [-0.25, -0.2) is 4.79 Å². The topological polar surface area (TPSA) is 113 Å². The number of amides is 1. The molecular weight excluding hydrogens is 422 g/mol. The van der Waals surface area contributed by atoms with Crippen LogP contribution in [0.4, 0.5) is 16.2 Å². The normalized spacial score (nSPS) is 14.9. The van der Waals surface area contributed by atoms with E-state index in [-0.39, 0.29) is 5.84 Å². The lowest BCUT2D eigenvalue weighted by Crippen LogP contribution is -2.47. The molecule has 0 radical (unpaired) electrons. The van der Waals surface area contributed by atoms with Gasteiger partial charge in [0.05, 0.1) is 0 Å². The lowest BCUT2D eigenvalue weighted by Gasteiger charge is -2.37. The van der Waals surface area contributed by atoms with Crippen molar-refractivity contribution in [2.45, 2.75) is 18.6 Å². The third-order valence-electron chi connectivity index (χ3n) is 5.28. The van der Waals surface area contributed by atoms with Gasteiger partial charge >= 0.3 is 6.09 Å². The Bertz CT molecular complexity index is 1080. The Kier molecular flexibility index (Phi) is 6.61. The molecule has 5 N–H and O–H groups in total. The Morgan fingerprint density at radius 3 is 2.38 bits per heavy atom. The molecule has 0 bridgehead atoms. The summed E-state index contributed by atoms with van der Waals surface area (Å²) in [6, 6.07) is 18.8. The van der Waals surface area contributed by atoms with Gasteiger partial charge in [-0.05, 0) is 59.0 Å². The third-order valence-corrected chi connectivity index (χ3v) is 6.26. The van der Waals surface area contributed by atoms with Gasteiger partial charge in [0.2, 0.25) is 0 Å². The van der Waals surface area contributed by atoms with E-state index in [1.54, 1.807) is 24.5 Å². The number of carbonyl (C=O) groups excluding carboxylic acids is 1. The third kappa shape index (κ3) is 5.39. The molecule has 2 heterocycles. The quantitative estimate of drug-likeness (QED) is 0.242. The molecule has 1 amide bonds. The number of rotatable bonds is 6. The average Bonchev–Trinajstić information content (AvgIpc) is 2.80. The molecule has 0 spiro atoms. The molecule has 0 unspecified atom stereocenters. The fraction of sp³-hybridized carbons (Fsp3) is 0.208. The Hall–Kier alpha value is -3.52. The van der Waals surface area contributed by atoms with E-state index in [4.69, 9.17) is 15.9 Å². The molecule has 3 aromatic rings.